The van der Waals surface area contributed by atoms with Gasteiger partial charge in [0.1, 0.15) is 0 Å². The number of likely N-dealkylation sites (N-methyl/N-ethyl adjacent to an activating group) is 1. The zero-order valence-corrected chi connectivity index (χ0v) is 14.2. The van der Waals surface area contributed by atoms with Crippen molar-refractivity contribution >= 4 is 38.9 Å². The molecule has 2 aromatic rings. The van der Waals surface area contributed by atoms with E-state index in [1.165, 1.54) is 17.0 Å². The third-order valence-electron chi connectivity index (χ3n) is 3.86. The number of anilines is 2. The van der Waals surface area contributed by atoms with Crippen LogP contribution in [-0.2, 0) is 21.2 Å². The summed E-state index contributed by atoms with van der Waals surface area (Å²) < 4.78 is 27.5. The fourth-order valence-corrected chi connectivity index (χ4v) is 3.76. The van der Waals surface area contributed by atoms with E-state index in [1.54, 1.807) is 31.3 Å². The summed E-state index contributed by atoms with van der Waals surface area (Å²) in [6.07, 6.45) is 0.214. The second-order valence-corrected chi connectivity index (χ2v) is 7.58. The highest BCUT2D eigenvalue weighted by Crippen LogP contribution is 2.30. The fourth-order valence-electron chi connectivity index (χ4n) is 2.48. The lowest BCUT2D eigenvalue weighted by Gasteiger charge is -2.12. The first-order valence-corrected chi connectivity index (χ1v) is 8.82. The molecule has 1 amide bonds. The fraction of sp³-hybridized carbons (Fsp3) is 0.188. The molecule has 0 saturated heterocycles. The first-order chi connectivity index (χ1) is 10.8. The molecule has 0 spiro atoms. The van der Waals surface area contributed by atoms with E-state index in [1.807, 2.05) is 6.92 Å². The molecule has 120 valence electrons. The molecule has 7 heteroatoms. The largest absolute Gasteiger partial charge is 0.315 e. The molecular formula is C16H15ClN2O3S. The van der Waals surface area contributed by atoms with Crippen LogP contribution in [0.15, 0.2) is 41.3 Å². The number of nitrogens with one attached hydrogen (secondary N) is 1. The van der Waals surface area contributed by atoms with Gasteiger partial charge in [-0.05, 0) is 48.4 Å². The molecule has 0 aromatic heterocycles. The molecule has 0 bridgehead atoms. The summed E-state index contributed by atoms with van der Waals surface area (Å²) in [5.74, 6) is -0.0483. The number of nitrogens with zero attached hydrogens (tertiary/aromatic N) is 1. The van der Waals surface area contributed by atoms with Crippen molar-refractivity contribution in [1.82, 2.24) is 0 Å². The Morgan fingerprint density at radius 2 is 1.91 bits per heavy atom. The number of benzene rings is 2. The van der Waals surface area contributed by atoms with Gasteiger partial charge >= 0.3 is 0 Å². The topological polar surface area (TPSA) is 66.5 Å². The minimum atomic E-state index is -3.74. The van der Waals surface area contributed by atoms with Gasteiger partial charge in [-0.15, -0.1) is 0 Å². The zero-order valence-electron chi connectivity index (χ0n) is 12.6. The summed E-state index contributed by atoms with van der Waals surface area (Å²) in [6.45, 7) is 1.84. The van der Waals surface area contributed by atoms with Gasteiger partial charge in [-0.2, -0.15) is 0 Å². The van der Waals surface area contributed by atoms with E-state index in [2.05, 4.69) is 4.72 Å². The number of sulfonamides is 1. The number of amides is 1. The molecule has 0 aliphatic carbocycles. The average molecular weight is 351 g/mol. The number of fused-ring (bicyclic) bond motifs is 1. The molecule has 23 heavy (non-hydrogen) atoms. The van der Waals surface area contributed by atoms with E-state index in [4.69, 9.17) is 11.6 Å². The molecule has 5 nitrogen and oxygen atoms in total. The van der Waals surface area contributed by atoms with Crippen LogP contribution in [0.5, 0.6) is 0 Å². The van der Waals surface area contributed by atoms with Crippen molar-refractivity contribution in [2.24, 2.45) is 0 Å². The highest BCUT2D eigenvalue weighted by Gasteiger charge is 2.26. The summed E-state index contributed by atoms with van der Waals surface area (Å²) in [5, 5.41) is 0.492. The van der Waals surface area contributed by atoms with Crippen LogP contribution >= 0.6 is 11.6 Å². The molecule has 0 fully saturated rings. The van der Waals surface area contributed by atoms with Crippen molar-refractivity contribution in [3.63, 3.8) is 0 Å². The standard InChI is InChI=1S/C16H15ClN2O3S/c1-10-3-4-12(9-14(10)17)18-23(21,22)13-5-6-15-11(7-13)8-16(20)19(15)2/h3-7,9,18H,8H2,1-2H3. The zero-order chi connectivity index (χ0) is 16.8. The Bertz CT molecular complexity index is 910. The lowest BCUT2D eigenvalue weighted by molar-refractivity contribution is -0.117. The lowest BCUT2D eigenvalue weighted by Crippen LogP contribution is -2.20. The van der Waals surface area contributed by atoms with Crippen LogP contribution in [0.3, 0.4) is 0 Å². The Morgan fingerprint density at radius 1 is 1.17 bits per heavy atom. The number of carbonyl (C=O) groups excluding carboxylic acids is 1. The highest BCUT2D eigenvalue weighted by molar-refractivity contribution is 7.92. The summed E-state index contributed by atoms with van der Waals surface area (Å²) in [4.78, 5) is 13.3. The smallest absolute Gasteiger partial charge is 0.261 e. The van der Waals surface area contributed by atoms with Crippen molar-refractivity contribution in [1.29, 1.82) is 0 Å². The van der Waals surface area contributed by atoms with Crippen molar-refractivity contribution in [2.75, 3.05) is 16.7 Å². The van der Waals surface area contributed by atoms with Gasteiger partial charge in [-0.25, -0.2) is 8.42 Å². The van der Waals surface area contributed by atoms with Crippen molar-refractivity contribution < 1.29 is 13.2 Å². The Balaban J connectivity index is 1.93. The maximum atomic E-state index is 12.5. The number of aryl methyl sites for hydroxylation is 1. The quantitative estimate of drug-likeness (QED) is 0.925. The monoisotopic (exact) mass is 350 g/mol. The molecule has 1 aliphatic heterocycles. The Hall–Kier alpha value is -2.05. The molecule has 1 heterocycles. The Labute approximate surface area is 139 Å². The SMILES string of the molecule is Cc1ccc(NS(=O)(=O)c2ccc3c(c2)CC(=O)N3C)cc1Cl. The minimum Gasteiger partial charge on any atom is -0.315 e. The molecular weight excluding hydrogens is 336 g/mol. The normalized spacial score (nSPS) is 14.0. The van der Waals surface area contributed by atoms with E-state index in [-0.39, 0.29) is 17.2 Å². The van der Waals surface area contributed by atoms with Crippen LogP contribution in [0.4, 0.5) is 11.4 Å². The van der Waals surface area contributed by atoms with Gasteiger partial charge in [-0.3, -0.25) is 9.52 Å². The third-order valence-corrected chi connectivity index (χ3v) is 5.65. The second-order valence-electron chi connectivity index (χ2n) is 5.49. The van der Waals surface area contributed by atoms with Crippen molar-refractivity contribution in [3.05, 3.63) is 52.5 Å². The molecule has 1 N–H and O–H groups in total. The first-order valence-electron chi connectivity index (χ1n) is 6.96. The van der Waals surface area contributed by atoms with E-state index in [0.717, 1.165) is 11.3 Å². The first kappa shape index (κ1) is 15.8. The molecule has 3 rings (SSSR count). The molecule has 0 saturated carbocycles. The average Bonchev–Trinajstić information content (AvgIpc) is 2.77. The Kier molecular flexibility index (Phi) is 3.82. The summed E-state index contributed by atoms with van der Waals surface area (Å²) >= 11 is 6.02. The molecule has 1 aliphatic rings. The van der Waals surface area contributed by atoms with Crippen LogP contribution in [0.1, 0.15) is 11.1 Å². The number of rotatable bonds is 3. The molecule has 2 aromatic carbocycles. The van der Waals surface area contributed by atoms with Crippen LogP contribution < -0.4 is 9.62 Å². The van der Waals surface area contributed by atoms with Crippen LogP contribution in [0.2, 0.25) is 5.02 Å². The predicted octanol–water partition coefficient (Wildman–Crippen LogP) is 2.97. The van der Waals surface area contributed by atoms with Gasteiger partial charge in [-0.1, -0.05) is 17.7 Å². The number of halogens is 1. The van der Waals surface area contributed by atoms with E-state index >= 15 is 0 Å². The second kappa shape index (κ2) is 5.54. The summed E-state index contributed by atoms with van der Waals surface area (Å²) in [5.41, 5.74) is 2.72. The van der Waals surface area contributed by atoms with Crippen molar-refractivity contribution in [3.8, 4) is 0 Å². The molecule has 0 radical (unpaired) electrons. The van der Waals surface area contributed by atoms with Crippen molar-refractivity contribution in [2.45, 2.75) is 18.2 Å². The molecule has 0 atom stereocenters. The van der Waals surface area contributed by atoms with Crippen LogP contribution in [0, 0.1) is 6.92 Å². The number of carbonyl (C=O) groups is 1. The minimum absolute atomic E-state index is 0.0483. The summed E-state index contributed by atoms with van der Waals surface area (Å²) in [7, 11) is -2.06. The van der Waals surface area contributed by atoms with Gasteiger partial charge < -0.3 is 4.90 Å². The highest BCUT2D eigenvalue weighted by atomic mass is 35.5. The molecule has 0 unspecified atom stereocenters. The van der Waals surface area contributed by atoms with Gasteiger partial charge in [0.15, 0.2) is 0 Å². The maximum Gasteiger partial charge on any atom is 0.261 e. The number of hydrogen-bond donors (Lipinski definition) is 1. The number of hydrogen-bond acceptors (Lipinski definition) is 3. The third kappa shape index (κ3) is 2.92. The van der Waals surface area contributed by atoms with E-state index in [0.29, 0.717) is 16.3 Å². The van der Waals surface area contributed by atoms with Gasteiger partial charge in [0, 0.05) is 17.8 Å². The maximum absolute atomic E-state index is 12.5. The van der Waals surface area contributed by atoms with Gasteiger partial charge in [0.2, 0.25) is 5.91 Å². The van der Waals surface area contributed by atoms with Crippen LogP contribution in [0.25, 0.3) is 0 Å². The predicted molar refractivity (Wildman–Crippen MR) is 90.6 cm³/mol. The lowest BCUT2D eigenvalue weighted by atomic mass is 10.2. The van der Waals surface area contributed by atoms with Gasteiger partial charge in [0.05, 0.1) is 17.0 Å². The summed E-state index contributed by atoms with van der Waals surface area (Å²) in [6, 6.07) is 9.65. The van der Waals surface area contributed by atoms with Gasteiger partial charge in [0.25, 0.3) is 10.0 Å². The van der Waals surface area contributed by atoms with E-state index < -0.39 is 10.0 Å². The van der Waals surface area contributed by atoms with E-state index in [9.17, 15) is 13.2 Å². The van der Waals surface area contributed by atoms with Crippen LogP contribution in [-0.4, -0.2) is 21.4 Å². The Morgan fingerprint density at radius 3 is 2.61 bits per heavy atom.